The van der Waals surface area contributed by atoms with E-state index in [1.807, 2.05) is 0 Å². The van der Waals surface area contributed by atoms with E-state index in [0.29, 0.717) is 17.8 Å². The summed E-state index contributed by atoms with van der Waals surface area (Å²) in [6.45, 7) is 2.73. The van der Waals surface area contributed by atoms with E-state index < -0.39 is 0 Å². The lowest BCUT2D eigenvalue weighted by molar-refractivity contribution is 0.0963. The summed E-state index contributed by atoms with van der Waals surface area (Å²) in [7, 11) is 1.58. The van der Waals surface area contributed by atoms with Gasteiger partial charge in [0.1, 0.15) is 0 Å². The van der Waals surface area contributed by atoms with Crippen LogP contribution in [0.3, 0.4) is 0 Å². The molecule has 98 valence electrons. The van der Waals surface area contributed by atoms with Crippen molar-refractivity contribution in [2.75, 3.05) is 18.9 Å². The average molecular weight is 249 g/mol. The number of anilines is 1. The van der Waals surface area contributed by atoms with Crippen LogP contribution in [0.5, 0.6) is 0 Å². The van der Waals surface area contributed by atoms with Crippen LogP contribution in [0.1, 0.15) is 30.1 Å². The highest BCUT2D eigenvalue weighted by Crippen LogP contribution is 2.09. The third kappa shape index (κ3) is 4.45. The molecule has 1 rings (SSSR count). The molecule has 0 radical (unpaired) electrons. The molecular formula is C13H19N3O2. The van der Waals surface area contributed by atoms with Crippen molar-refractivity contribution in [2.24, 2.45) is 0 Å². The van der Waals surface area contributed by atoms with E-state index in [1.165, 1.54) is 0 Å². The van der Waals surface area contributed by atoms with Gasteiger partial charge in [0.05, 0.1) is 0 Å². The number of carbonyl (C=O) groups is 2. The summed E-state index contributed by atoms with van der Waals surface area (Å²) in [6.07, 6.45) is 2.00. The zero-order chi connectivity index (χ0) is 13.4. The van der Waals surface area contributed by atoms with Crippen molar-refractivity contribution in [3.8, 4) is 0 Å². The predicted molar refractivity (Wildman–Crippen MR) is 71.8 cm³/mol. The summed E-state index contributed by atoms with van der Waals surface area (Å²) in [5.74, 6) is -0.144. The summed E-state index contributed by atoms with van der Waals surface area (Å²) in [6, 6.07) is 6.51. The van der Waals surface area contributed by atoms with Crippen LogP contribution in [-0.4, -0.2) is 25.5 Å². The Kier molecular flexibility index (Phi) is 5.70. The number of benzene rings is 1. The monoisotopic (exact) mass is 249 g/mol. The van der Waals surface area contributed by atoms with Gasteiger partial charge in [-0.05, 0) is 30.7 Å². The van der Waals surface area contributed by atoms with Gasteiger partial charge in [-0.2, -0.15) is 0 Å². The molecule has 1 aromatic rings. The molecule has 0 saturated carbocycles. The number of hydrogen-bond acceptors (Lipinski definition) is 2. The highest BCUT2D eigenvalue weighted by atomic mass is 16.2. The van der Waals surface area contributed by atoms with E-state index >= 15 is 0 Å². The van der Waals surface area contributed by atoms with Gasteiger partial charge in [-0.3, -0.25) is 4.79 Å². The van der Waals surface area contributed by atoms with Gasteiger partial charge >= 0.3 is 6.03 Å². The fourth-order valence-corrected chi connectivity index (χ4v) is 1.40. The number of amides is 3. The van der Waals surface area contributed by atoms with Gasteiger partial charge < -0.3 is 16.0 Å². The Bertz CT molecular complexity index is 401. The summed E-state index contributed by atoms with van der Waals surface area (Å²) >= 11 is 0. The zero-order valence-electron chi connectivity index (χ0n) is 10.7. The molecule has 3 amide bonds. The van der Waals surface area contributed by atoms with Crippen molar-refractivity contribution in [3.63, 3.8) is 0 Å². The second kappa shape index (κ2) is 7.32. The van der Waals surface area contributed by atoms with Crippen molar-refractivity contribution in [1.29, 1.82) is 0 Å². The first-order valence-electron chi connectivity index (χ1n) is 6.04. The Labute approximate surface area is 107 Å². The number of rotatable bonds is 5. The summed E-state index contributed by atoms with van der Waals surface area (Å²) in [5, 5.41) is 7.99. The number of hydrogen-bond donors (Lipinski definition) is 3. The van der Waals surface area contributed by atoms with Gasteiger partial charge in [-0.15, -0.1) is 0 Å². The van der Waals surface area contributed by atoms with Crippen LogP contribution < -0.4 is 16.0 Å². The molecule has 0 atom stereocenters. The Morgan fingerprint density at radius 1 is 1.17 bits per heavy atom. The molecule has 0 aliphatic heterocycles. The molecule has 0 aliphatic carbocycles. The zero-order valence-corrected chi connectivity index (χ0v) is 10.7. The molecule has 0 aliphatic rings. The largest absolute Gasteiger partial charge is 0.355 e. The molecule has 0 fully saturated rings. The lowest BCUT2D eigenvalue weighted by Gasteiger charge is -2.07. The standard InChI is InChI=1S/C13H19N3O2/c1-3-4-9-15-13(18)16-11-7-5-10(6-8-11)12(17)14-2/h5-8H,3-4,9H2,1-2H3,(H,14,17)(H2,15,16,18). The minimum absolute atomic E-state index is 0.144. The van der Waals surface area contributed by atoms with E-state index in [2.05, 4.69) is 22.9 Å². The third-order valence-corrected chi connectivity index (χ3v) is 2.45. The van der Waals surface area contributed by atoms with Crippen LogP contribution in [0.2, 0.25) is 0 Å². The van der Waals surface area contributed by atoms with E-state index in [-0.39, 0.29) is 11.9 Å². The lowest BCUT2D eigenvalue weighted by Crippen LogP contribution is -2.29. The van der Waals surface area contributed by atoms with Crippen LogP contribution in [0.4, 0.5) is 10.5 Å². The Hall–Kier alpha value is -2.04. The molecule has 0 heterocycles. The molecule has 0 bridgehead atoms. The first kappa shape index (κ1) is 14.0. The first-order chi connectivity index (χ1) is 8.67. The summed E-state index contributed by atoms with van der Waals surface area (Å²) < 4.78 is 0. The molecule has 0 spiro atoms. The minimum atomic E-state index is -0.226. The maximum Gasteiger partial charge on any atom is 0.319 e. The molecule has 1 aromatic carbocycles. The number of nitrogens with one attached hydrogen (secondary N) is 3. The molecule has 0 unspecified atom stereocenters. The molecule has 0 aromatic heterocycles. The number of urea groups is 1. The van der Waals surface area contributed by atoms with E-state index in [0.717, 1.165) is 12.8 Å². The fourth-order valence-electron chi connectivity index (χ4n) is 1.40. The third-order valence-electron chi connectivity index (χ3n) is 2.45. The molecule has 18 heavy (non-hydrogen) atoms. The second-order valence-corrected chi connectivity index (χ2v) is 3.89. The predicted octanol–water partition coefficient (Wildman–Crippen LogP) is 1.97. The van der Waals surface area contributed by atoms with Crippen molar-refractivity contribution in [3.05, 3.63) is 29.8 Å². The Morgan fingerprint density at radius 3 is 2.39 bits per heavy atom. The summed E-state index contributed by atoms with van der Waals surface area (Å²) in [5.41, 5.74) is 1.23. The van der Waals surface area contributed by atoms with Gasteiger partial charge in [0.25, 0.3) is 5.91 Å². The fraction of sp³-hybridized carbons (Fsp3) is 0.385. The first-order valence-corrected chi connectivity index (χ1v) is 6.04. The minimum Gasteiger partial charge on any atom is -0.355 e. The van der Waals surface area contributed by atoms with Crippen molar-refractivity contribution in [1.82, 2.24) is 10.6 Å². The van der Waals surface area contributed by atoms with Gasteiger partial charge in [0.15, 0.2) is 0 Å². The normalized spacial score (nSPS) is 9.67. The van der Waals surface area contributed by atoms with Crippen LogP contribution in [-0.2, 0) is 0 Å². The SMILES string of the molecule is CCCCNC(=O)Nc1ccc(C(=O)NC)cc1. The smallest absolute Gasteiger partial charge is 0.319 e. The van der Waals surface area contributed by atoms with Crippen LogP contribution in [0, 0.1) is 0 Å². The van der Waals surface area contributed by atoms with Crippen molar-refractivity contribution < 1.29 is 9.59 Å². The van der Waals surface area contributed by atoms with Crippen LogP contribution in [0.15, 0.2) is 24.3 Å². The Balaban J connectivity index is 2.48. The number of carbonyl (C=O) groups excluding carboxylic acids is 2. The van der Waals surface area contributed by atoms with E-state index in [4.69, 9.17) is 0 Å². The van der Waals surface area contributed by atoms with Gasteiger partial charge in [-0.1, -0.05) is 13.3 Å². The quantitative estimate of drug-likeness (QED) is 0.698. The summed E-state index contributed by atoms with van der Waals surface area (Å²) in [4.78, 5) is 22.8. The maximum absolute atomic E-state index is 11.5. The second-order valence-electron chi connectivity index (χ2n) is 3.89. The van der Waals surface area contributed by atoms with Gasteiger partial charge in [0, 0.05) is 24.8 Å². The molecule has 0 saturated heterocycles. The number of unbranched alkanes of at least 4 members (excludes halogenated alkanes) is 1. The van der Waals surface area contributed by atoms with Gasteiger partial charge in [-0.25, -0.2) is 4.79 Å². The average Bonchev–Trinajstić information content (AvgIpc) is 2.39. The molecule has 5 heteroatoms. The Morgan fingerprint density at radius 2 is 1.83 bits per heavy atom. The molecule has 5 nitrogen and oxygen atoms in total. The van der Waals surface area contributed by atoms with E-state index in [1.54, 1.807) is 31.3 Å². The maximum atomic E-state index is 11.5. The topological polar surface area (TPSA) is 70.2 Å². The highest BCUT2D eigenvalue weighted by Gasteiger charge is 2.04. The van der Waals surface area contributed by atoms with Crippen LogP contribution in [0.25, 0.3) is 0 Å². The van der Waals surface area contributed by atoms with E-state index in [9.17, 15) is 9.59 Å². The molecule has 3 N–H and O–H groups in total. The highest BCUT2D eigenvalue weighted by molar-refractivity contribution is 5.95. The lowest BCUT2D eigenvalue weighted by atomic mass is 10.2. The molecular weight excluding hydrogens is 230 g/mol. The van der Waals surface area contributed by atoms with Gasteiger partial charge in [0.2, 0.25) is 0 Å². The van der Waals surface area contributed by atoms with Crippen molar-refractivity contribution in [2.45, 2.75) is 19.8 Å². The van der Waals surface area contributed by atoms with Crippen molar-refractivity contribution >= 4 is 17.6 Å². The van der Waals surface area contributed by atoms with Crippen LogP contribution >= 0.6 is 0 Å².